The summed E-state index contributed by atoms with van der Waals surface area (Å²) in [6, 6.07) is 16.9. The van der Waals surface area contributed by atoms with Crippen LogP contribution in [0.5, 0.6) is 0 Å². The average molecular weight is 366 g/mol. The summed E-state index contributed by atoms with van der Waals surface area (Å²) < 4.78 is 1.32. The molecule has 4 heteroatoms. The van der Waals surface area contributed by atoms with Gasteiger partial charge in [0.15, 0.2) is 0 Å². The zero-order valence-corrected chi connectivity index (χ0v) is 15.8. The fourth-order valence-corrected chi connectivity index (χ4v) is 4.17. The third kappa shape index (κ3) is 4.27. The summed E-state index contributed by atoms with van der Waals surface area (Å²) in [5, 5.41) is 2.13. The summed E-state index contributed by atoms with van der Waals surface area (Å²) in [5.74, 6) is 0. The Hall–Kier alpha value is -1.06. The Bertz CT molecular complexity index is 766. The van der Waals surface area contributed by atoms with E-state index >= 15 is 0 Å². The molecular weight excluding hydrogens is 345 g/mol. The lowest BCUT2D eigenvalue weighted by Gasteiger charge is -2.10. The molecule has 122 valence electrons. The van der Waals surface area contributed by atoms with Crippen LogP contribution in [0, 0.1) is 0 Å². The Kier molecular flexibility index (Phi) is 6.49. The first-order valence-corrected chi connectivity index (χ1v) is 8.75. The van der Waals surface area contributed by atoms with E-state index in [1.54, 1.807) is 0 Å². The highest BCUT2D eigenvalue weighted by molar-refractivity contribution is 7.22. The van der Waals surface area contributed by atoms with Crippen LogP contribution >= 0.6 is 35.3 Å². The third-order valence-corrected chi connectivity index (χ3v) is 5.32. The van der Waals surface area contributed by atoms with Gasteiger partial charge in [0, 0.05) is 14.6 Å². The molecule has 0 N–H and O–H groups in total. The summed E-state index contributed by atoms with van der Waals surface area (Å²) in [7, 11) is 4.25. The number of hydrogen-bond donors (Lipinski definition) is 0. The van der Waals surface area contributed by atoms with Crippen molar-refractivity contribution >= 4 is 45.4 Å². The fraction of sp³-hybridized carbons (Fsp3) is 0.263. The molecule has 0 bridgehead atoms. The second kappa shape index (κ2) is 8.16. The molecule has 3 aromatic rings. The molecule has 0 saturated heterocycles. The molecule has 0 aliphatic heterocycles. The predicted molar refractivity (Wildman–Crippen MR) is 106 cm³/mol. The highest BCUT2D eigenvalue weighted by Crippen LogP contribution is 2.40. The summed E-state index contributed by atoms with van der Waals surface area (Å²) in [6.07, 6.45) is 2.24. The number of thiophene rings is 1. The van der Waals surface area contributed by atoms with Crippen LogP contribution < -0.4 is 0 Å². The molecule has 0 amide bonds. The van der Waals surface area contributed by atoms with E-state index in [1.807, 2.05) is 17.4 Å². The molecule has 2 aromatic carbocycles. The van der Waals surface area contributed by atoms with Crippen LogP contribution in [0.4, 0.5) is 0 Å². The molecule has 0 fully saturated rings. The topological polar surface area (TPSA) is 3.24 Å². The molecular formula is C19H21Cl2NS. The molecule has 3 rings (SSSR count). The first-order valence-electron chi connectivity index (χ1n) is 7.56. The second-order valence-electron chi connectivity index (χ2n) is 5.82. The fourth-order valence-electron chi connectivity index (χ4n) is 2.76. The Labute approximate surface area is 153 Å². The maximum atomic E-state index is 6.23. The molecule has 1 aromatic heterocycles. The summed E-state index contributed by atoms with van der Waals surface area (Å²) in [6.45, 7) is 1.10. The van der Waals surface area contributed by atoms with Gasteiger partial charge in [-0.3, -0.25) is 0 Å². The molecule has 0 unspecified atom stereocenters. The zero-order chi connectivity index (χ0) is 15.5. The van der Waals surface area contributed by atoms with Gasteiger partial charge >= 0.3 is 0 Å². The van der Waals surface area contributed by atoms with Crippen molar-refractivity contribution in [3.8, 4) is 10.4 Å². The third-order valence-electron chi connectivity index (χ3n) is 3.82. The van der Waals surface area contributed by atoms with E-state index in [2.05, 4.69) is 61.5 Å². The standard InChI is InChI=1S/C19H20ClNS.ClH/c1-21(2)12-6-9-16-17-13-15(20)10-11-18(17)22-19(16)14-7-4-3-5-8-14;/h3-5,7-8,10-11,13H,6,9,12H2,1-2H3;1H. The number of fused-ring (bicyclic) bond motifs is 1. The van der Waals surface area contributed by atoms with Crippen molar-refractivity contribution < 1.29 is 0 Å². The van der Waals surface area contributed by atoms with Crippen LogP contribution in [0.3, 0.4) is 0 Å². The minimum absolute atomic E-state index is 0. The lowest BCUT2D eigenvalue weighted by atomic mass is 10.0. The van der Waals surface area contributed by atoms with Gasteiger partial charge in [-0.05, 0) is 68.2 Å². The molecule has 1 nitrogen and oxygen atoms in total. The Morgan fingerprint density at radius 3 is 2.48 bits per heavy atom. The molecule has 0 aliphatic carbocycles. The van der Waals surface area contributed by atoms with Crippen molar-refractivity contribution in [3.05, 3.63) is 59.1 Å². The summed E-state index contributed by atoms with van der Waals surface area (Å²) >= 11 is 8.10. The van der Waals surface area contributed by atoms with E-state index in [-0.39, 0.29) is 12.4 Å². The van der Waals surface area contributed by atoms with Gasteiger partial charge in [-0.2, -0.15) is 0 Å². The minimum Gasteiger partial charge on any atom is -0.309 e. The number of halogens is 2. The molecule has 23 heavy (non-hydrogen) atoms. The smallest absolute Gasteiger partial charge is 0.0413 e. The van der Waals surface area contributed by atoms with Gasteiger partial charge in [0.1, 0.15) is 0 Å². The summed E-state index contributed by atoms with van der Waals surface area (Å²) in [4.78, 5) is 3.63. The van der Waals surface area contributed by atoms with E-state index in [9.17, 15) is 0 Å². The van der Waals surface area contributed by atoms with Gasteiger partial charge in [0.25, 0.3) is 0 Å². The summed E-state index contributed by atoms with van der Waals surface area (Å²) in [5.41, 5.74) is 2.75. The predicted octanol–water partition coefficient (Wildman–Crippen LogP) is 6.14. The Morgan fingerprint density at radius 1 is 1.04 bits per heavy atom. The van der Waals surface area contributed by atoms with Crippen molar-refractivity contribution in [2.24, 2.45) is 0 Å². The number of hydrogen-bond acceptors (Lipinski definition) is 2. The van der Waals surface area contributed by atoms with Crippen LogP contribution in [-0.2, 0) is 6.42 Å². The van der Waals surface area contributed by atoms with Crippen LogP contribution in [0.25, 0.3) is 20.5 Å². The number of rotatable bonds is 5. The molecule has 0 saturated carbocycles. The molecule has 0 radical (unpaired) electrons. The van der Waals surface area contributed by atoms with Crippen molar-refractivity contribution in [1.29, 1.82) is 0 Å². The van der Waals surface area contributed by atoms with Gasteiger partial charge < -0.3 is 4.90 Å². The number of aryl methyl sites for hydroxylation is 1. The maximum absolute atomic E-state index is 6.23. The Morgan fingerprint density at radius 2 is 1.78 bits per heavy atom. The monoisotopic (exact) mass is 365 g/mol. The van der Waals surface area contributed by atoms with Crippen molar-refractivity contribution in [1.82, 2.24) is 4.90 Å². The second-order valence-corrected chi connectivity index (χ2v) is 7.31. The van der Waals surface area contributed by atoms with Gasteiger partial charge in [0.05, 0.1) is 0 Å². The van der Waals surface area contributed by atoms with Gasteiger partial charge in [-0.25, -0.2) is 0 Å². The minimum atomic E-state index is 0. The number of benzene rings is 2. The van der Waals surface area contributed by atoms with E-state index in [4.69, 9.17) is 11.6 Å². The van der Waals surface area contributed by atoms with Crippen molar-refractivity contribution in [2.75, 3.05) is 20.6 Å². The van der Waals surface area contributed by atoms with E-state index in [1.165, 1.54) is 26.1 Å². The number of nitrogens with zero attached hydrogens (tertiary/aromatic N) is 1. The van der Waals surface area contributed by atoms with Crippen LogP contribution in [0.15, 0.2) is 48.5 Å². The largest absolute Gasteiger partial charge is 0.309 e. The first-order chi connectivity index (χ1) is 10.6. The quantitative estimate of drug-likeness (QED) is 0.524. The van der Waals surface area contributed by atoms with Gasteiger partial charge in [0.2, 0.25) is 0 Å². The van der Waals surface area contributed by atoms with E-state index in [0.29, 0.717) is 0 Å². The van der Waals surface area contributed by atoms with Crippen molar-refractivity contribution in [2.45, 2.75) is 12.8 Å². The SMILES string of the molecule is CN(C)CCCc1c(-c2ccccc2)sc2ccc(Cl)cc12.Cl. The van der Waals surface area contributed by atoms with Gasteiger partial charge in [-0.15, -0.1) is 23.7 Å². The van der Waals surface area contributed by atoms with E-state index in [0.717, 1.165) is 24.4 Å². The maximum Gasteiger partial charge on any atom is 0.0413 e. The van der Waals surface area contributed by atoms with E-state index < -0.39 is 0 Å². The highest BCUT2D eigenvalue weighted by atomic mass is 35.5. The van der Waals surface area contributed by atoms with Crippen molar-refractivity contribution in [3.63, 3.8) is 0 Å². The van der Waals surface area contributed by atoms with Gasteiger partial charge in [-0.1, -0.05) is 41.9 Å². The normalized spacial score (nSPS) is 11.0. The molecule has 0 aliphatic rings. The highest BCUT2D eigenvalue weighted by Gasteiger charge is 2.14. The molecule has 1 heterocycles. The lowest BCUT2D eigenvalue weighted by molar-refractivity contribution is 0.400. The average Bonchev–Trinajstić information content (AvgIpc) is 2.86. The Balaban J connectivity index is 0.00000192. The van der Waals surface area contributed by atoms with Crippen LogP contribution in [0.1, 0.15) is 12.0 Å². The molecule has 0 atom stereocenters. The van der Waals surface area contributed by atoms with Crippen LogP contribution in [-0.4, -0.2) is 25.5 Å². The molecule has 0 spiro atoms. The lowest BCUT2D eigenvalue weighted by Crippen LogP contribution is -2.13. The first kappa shape index (κ1) is 18.3. The van der Waals surface area contributed by atoms with Crippen LogP contribution in [0.2, 0.25) is 5.02 Å². The zero-order valence-electron chi connectivity index (χ0n) is 13.4.